The predicted molar refractivity (Wildman–Crippen MR) is 171 cm³/mol. The lowest BCUT2D eigenvalue weighted by Gasteiger charge is -2.31. The Hall–Kier alpha value is -3.53. The molecular formula is C32H44F3N9O3. The first kappa shape index (κ1) is 33.4. The Morgan fingerprint density at radius 3 is 2.51 bits per heavy atom. The molecule has 6 rings (SSSR count). The molecule has 47 heavy (non-hydrogen) atoms. The second kappa shape index (κ2) is 13.5. The van der Waals surface area contributed by atoms with E-state index >= 15 is 0 Å². The molecule has 12 nitrogen and oxygen atoms in total. The number of aliphatic hydroxyl groups is 2. The molecule has 0 unspecified atom stereocenters. The van der Waals surface area contributed by atoms with Gasteiger partial charge in [0.05, 0.1) is 18.4 Å². The summed E-state index contributed by atoms with van der Waals surface area (Å²) in [6, 6.07) is 8.63. The summed E-state index contributed by atoms with van der Waals surface area (Å²) in [7, 11) is 4.08. The lowest BCUT2D eigenvalue weighted by atomic mass is 10.1. The fraction of sp³-hybridized carbons (Fsp3) is 0.625. The summed E-state index contributed by atoms with van der Waals surface area (Å²) in [5.74, 6) is -0.979. The number of anilines is 2. The number of likely N-dealkylation sites (N-methyl/N-ethyl adjacent to an activating group) is 1. The zero-order chi connectivity index (χ0) is 33.5. The molecule has 2 aliphatic heterocycles. The largest absolute Gasteiger partial charge is 0.471 e. The van der Waals surface area contributed by atoms with Gasteiger partial charge in [0.1, 0.15) is 12.2 Å². The van der Waals surface area contributed by atoms with Crippen LogP contribution in [-0.2, 0) is 11.3 Å². The second-order valence-corrected chi connectivity index (χ2v) is 13.2. The molecule has 1 saturated carbocycles. The number of nitrogens with zero attached hydrogens (tertiary/aromatic N) is 8. The van der Waals surface area contributed by atoms with Gasteiger partial charge in [-0.3, -0.25) is 9.69 Å². The Morgan fingerprint density at radius 2 is 1.83 bits per heavy atom. The molecule has 1 aliphatic carbocycles. The van der Waals surface area contributed by atoms with E-state index in [-0.39, 0.29) is 25.4 Å². The van der Waals surface area contributed by atoms with Crippen molar-refractivity contribution in [2.45, 2.75) is 81.7 Å². The van der Waals surface area contributed by atoms with Gasteiger partial charge < -0.3 is 34.8 Å². The van der Waals surface area contributed by atoms with Gasteiger partial charge in [0, 0.05) is 51.4 Å². The fourth-order valence-corrected chi connectivity index (χ4v) is 7.26. The number of nitrogens with one attached hydrogen (secondary N) is 1. The monoisotopic (exact) mass is 659 g/mol. The van der Waals surface area contributed by atoms with Crippen LogP contribution in [0.3, 0.4) is 0 Å². The van der Waals surface area contributed by atoms with Gasteiger partial charge in [-0.1, -0.05) is 37.3 Å². The Morgan fingerprint density at radius 1 is 1.06 bits per heavy atom. The van der Waals surface area contributed by atoms with E-state index in [0.717, 1.165) is 45.6 Å². The van der Waals surface area contributed by atoms with Crippen LogP contribution < -0.4 is 10.2 Å². The van der Waals surface area contributed by atoms with E-state index in [4.69, 9.17) is 9.97 Å². The average molecular weight is 660 g/mol. The molecule has 2 saturated heterocycles. The van der Waals surface area contributed by atoms with Crippen molar-refractivity contribution < 1.29 is 28.2 Å². The van der Waals surface area contributed by atoms with Crippen molar-refractivity contribution in [3.05, 3.63) is 42.2 Å². The minimum Gasteiger partial charge on any atom is -0.388 e. The third kappa shape index (κ3) is 6.89. The summed E-state index contributed by atoms with van der Waals surface area (Å²) in [5, 5.41) is 25.8. The molecule has 0 radical (unpaired) electrons. The van der Waals surface area contributed by atoms with Crippen molar-refractivity contribution in [1.82, 2.24) is 34.2 Å². The maximum atomic E-state index is 13.5. The van der Waals surface area contributed by atoms with Gasteiger partial charge in [-0.05, 0) is 45.3 Å². The van der Waals surface area contributed by atoms with E-state index in [1.54, 1.807) is 11.5 Å². The summed E-state index contributed by atoms with van der Waals surface area (Å²) in [5.41, 5.74) is 2.12. The number of rotatable bonds is 10. The van der Waals surface area contributed by atoms with Crippen molar-refractivity contribution in [3.63, 3.8) is 0 Å². The SMILES string of the molecule is CCCN(C(=O)C(F)(F)F)[C@H]1C[C@@H](n2cnc3c(N[C@H]4CCN(Cc5ccccc5)C4)nc(N4CC[C@@H](N(C)C)C4)nc32)[C@H](O)[C@@H]1O. The summed E-state index contributed by atoms with van der Waals surface area (Å²) in [6.45, 7) is 5.48. The molecule has 15 heteroatoms. The van der Waals surface area contributed by atoms with Crippen LogP contribution >= 0.6 is 0 Å². The maximum Gasteiger partial charge on any atom is 0.471 e. The van der Waals surface area contributed by atoms with Crippen LogP contribution in [0.4, 0.5) is 24.9 Å². The third-order valence-corrected chi connectivity index (χ3v) is 9.80. The highest BCUT2D eigenvalue weighted by atomic mass is 19.4. The van der Waals surface area contributed by atoms with Crippen LogP contribution in [0.2, 0.25) is 0 Å². The summed E-state index contributed by atoms with van der Waals surface area (Å²) < 4.78 is 42.1. The van der Waals surface area contributed by atoms with E-state index < -0.39 is 36.4 Å². The van der Waals surface area contributed by atoms with E-state index in [1.807, 2.05) is 32.3 Å². The van der Waals surface area contributed by atoms with Crippen molar-refractivity contribution in [1.29, 1.82) is 0 Å². The zero-order valence-corrected chi connectivity index (χ0v) is 27.0. The van der Waals surface area contributed by atoms with Crippen LogP contribution in [0.5, 0.6) is 0 Å². The number of halogens is 3. The maximum absolute atomic E-state index is 13.5. The standard InChI is InChI=1S/C32H44F3N9O3/c1-4-12-43(30(47)32(33,34)35)23-15-24(27(46)26(23)45)44-19-36-25-28(37-21-10-13-41(17-21)16-20-8-6-5-7-9-20)38-31(39-29(25)44)42-14-11-22(18-42)40(2)3/h5-9,19,21-24,26-27,45-46H,4,10-18H2,1-3H3,(H,37,38,39)/t21-,22+,23-,24+,26+,27-/m0/s1. The molecule has 1 amide bonds. The number of carbonyl (C=O) groups excluding carboxylic acids is 1. The average Bonchev–Trinajstić information content (AvgIpc) is 3.84. The van der Waals surface area contributed by atoms with Crippen molar-refractivity contribution in [3.8, 4) is 0 Å². The van der Waals surface area contributed by atoms with Gasteiger partial charge in [0.2, 0.25) is 5.95 Å². The van der Waals surface area contributed by atoms with Gasteiger partial charge in [0.25, 0.3) is 0 Å². The summed E-state index contributed by atoms with van der Waals surface area (Å²) >= 11 is 0. The number of likely N-dealkylation sites (tertiary alicyclic amines) is 1. The number of fused-ring (bicyclic) bond motifs is 1. The fourth-order valence-electron chi connectivity index (χ4n) is 7.26. The number of alkyl halides is 3. The van der Waals surface area contributed by atoms with Gasteiger partial charge >= 0.3 is 12.1 Å². The number of amides is 1. The van der Waals surface area contributed by atoms with Crippen molar-refractivity contribution >= 4 is 28.8 Å². The molecule has 0 bridgehead atoms. The number of aliphatic hydroxyl groups excluding tert-OH is 2. The quantitative estimate of drug-likeness (QED) is 0.299. The van der Waals surface area contributed by atoms with Crippen molar-refractivity contribution in [2.24, 2.45) is 0 Å². The van der Waals surface area contributed by atoms with E-state index in [9.17, 15) is 28.2 Å². The summed E-state index contributed by atoms with van der Waals surface area (Å²) in [4.78, 5) is 34.1. The lowest BCUT2D eigenvalue weighted by Crippen LogP contribution is -2.51. The number of carbonyl (C=O) groups is 1. The Kier molecular flexibility index (Phi) is 9.61. The van der Waals surface area contributed by atoms with Crippen LogP contribution in [0.1, 0.15) is 44.2 Å². The Labute approximate surface area is 272 Å². The molecular weight excluding hydrogens is 615 g/mol. The molecule has 256 valence electrons. The predicted octanol–water partition coefficient (Wildman–Crippen LogP) is 2.49. The molecule has 3 aliphatic rings. The number of benzene rings is 1. The Bertz CT molecular complexity index is 1540. The van der Waals surface area contributed by atoms with Crippen LogP contribution in [0.25, 0.3) is 11.2 Å². The minimum atomic E-state index is -5.10. The molecule has 3 N–H and O–H groups in total. The first-order valence-corrected chi connectivity index (χ1v) is 16.4. The van der Waals surface area contributed by atoms with Gasteiger partial charge in [0.15, 0.2) is 17.0 Å². The molecule has 3 fully saturated rings. The second-order valence-electron chi connectivity index (χ2n) is 13.2. The molecule has 3 aromatic rings. The summed E-state index contributed by atoms with van der Waals surface area (Å²) in [6.07, 6.45) is -4.63. The first-order valence-electron chi connectivity index (χ1n) is 16.4. The highest BCUT2D eigenvalue weighted by molar-refractivity contribution is 5.85. The normalized spacial score (nSPS) is 27.0. The highest BCUT2D eigenvalue weighted by Crippen LogP contribution is 2.38. The molecule has 0 spiro atoms. The van der Waals surface area contributed by atoms with Crippen molar-refractivity contribution in [2.75, 3.05) is 57.0 Å². The van der Waals surface area contributed by atoms with Gasteiger partial charge in [-0.2, -0.15) is 23.1 Å². The van der Waals surface area contributed by atoms with E-state index in [2.05, 4.69) is 37.1 Å². The first-order chi connectivity index (χ1) is 22.4. The topological polar surface area (TPSA) is 126 Å². The number of hydrogen-bond acceptors (Lipinski definition) is 10. The number of hydrogen-bond donors (Lipinski definition) is 3. The van der Waals surface area contributed by atoms with E-state index in [0.29, 0.717) is 33.9 Å². The molecule has 1 aromatic carbocycles. The number of aromatic nitrogens is 4. The highest BCUT2D eigenvalue weighted by Gasteiger charge is 2.51. The molecule has 4 heterocycles. The van der Waals surface area contributed by atoms with Crippen LogP contribution in [0.15, 0.2) is 36.7 Å². The van der Waals surface area contributed by atoms with Gasteiger partial charge in [-0.15, -0.1) is 0 Å². The minimum absolute atomic E-state index is 0.0960. The Balaban J connectivity index is 1.30. The van der Waals surface area contributed by atoms with Crippen LogP contribution in [-0.4, -0.2) is 134 Å². The van der Waals surface area contributed by atoms with Crippen LogP contribution in [0, 0.1) is 0 Å². The third-order valence-electron chi connectivity index (χ3n) is 9.80. The lowest BCUT2D eigenvalue weighted by molar-refractivity contribution is -0.190. The molecule has 2 aromatic heterocycles. The molecule has 6 atom stereocenters. The zero-order valence-electron chi connectivity index (χ0n) is 27.0. The number of imidazole rings is 1. The smallest absolute Gasteiger partial charge is 0.388 e. The van der Waals surface area contributed by atoms with E-state index in [1.165, 1.54) is 11.9 Å². The van der Waals surface area contributed by atoms with Gasteiger partial charge in [-0.25, -0.2) is 4.98 Å².